The maximum absolute atomic E-state index is 5.87. The number of ether oxygens (including phenoxy) is 1. The van der Waals surface area contributed by atoms with Gasteiger partial charge in [0.05, 0.1) is 11.9 Å². The van der Waals surface area contributed by atoms with Crippen molar-refractivity contribution in [2.75, 3.05) is 0 Å². The van der Waals surface area contributed by atoms with Crippen molar-refractivity contribution >= 4 is 21.6 Å². The van der Waals surface area contributed by atoms with Gasteiger partial charge in [-0.15, -0.1) is 0 Å². The number of rotatable bonds is 2. The highest BCUT2D eigenvalue weighted by atomic mass is 79.9. The fourth-order valence-electron chi connectivity index (χ4n) is 2.36. The summed E-state index contributed by atoms with van der Waals surface area (Å²) in [5.74, 6) is 0.877. The van der Waals surface area contributed by atoms with E-state index in [0.29, 0.717) is 0 Å². The zero-order valence-electron chi connectivity index (χ0n) is 13.2. The molecule has 0 aliphatic rings. The topological polar surface area (TPSA) is 26.5 Å². The van der Waals surface area contributed by atoms with Crippen LogP contribution in [0.5, 0.6) is 5.75 Å². The van der Waals surface area contributed by atoms with Gasteiger partial charge in [-0.05, 0) is 79.5 Å². The van der Waals surface area contributed by atoms with Crippen LogP contribution >= 0.6 is 15.9 Å². The molecule has 0 fully saturated rings. The van der Waals surface area contributed by atoms with Crippen molar-refractivity contribution in [2.24, 2.45) is 0 Å². The molecule has 3 rings (SSSR count). The summed E-state index contributed by atoms with van der Waals surface area (Å²) in [6, 6.07) is 10.2. The Labute approximate surface area is 139 Å². The monoisotopic (exact) mass is 358 g/mol. The lowest BCUT2D eigenvalue weighted by molar-refractivity contribution is 0.131. The van der Waals surface area contributed by atoms with Gasteiger partial charge in [0.25, 0.3) is 0 Å². The Hall–Kier alpha value is -1.81. The molecule has 0 amide bonds. The lowest BCUT2D eigenvalue weighted by atomic mass is 10.1. The van der Waals surface area contributed by atoms with E-state index >= 15 is 0 Å². The Kier molecular flexibility index (Phi) is 3.73. The van der Waals surface area contributed by atoms with Crippen LogP contribution in [0.1, 0.15) is 26.3 Å². The van der Waals surface area contributed by atoms with E-state index in [9.17, 15) is 0 Å². The number of aryl methyl sites for hydroxylation is 1. The van der Waals surface area contributed by atoms with E-state index in [1.807, 2.05) is 39.1 Å². The van der Waals surface area contributed by atoms with Crippen LogP contribution in [0, 0.1) is 6.92 Å². The molecule has 0 aliphatic heterocycles. The first-order valence-corrected chi connectivity index (χ1v) is 8.05. The molecule has 2 aromatic heterocycles. The largest absolute Gasteiger partial charge is 0.488 e. The summed E-state index contributed by atoms with van der Waals surface area (Å²) in [5, 5.41) is 0. The first kappa shape index (κ1) is 15.1. The van der Waals surface area contributed by atoms with E-state index in [1.165, 1.54) is 5.56 Å². The van der Waals surface area contributed by atoms with Gasteiger partial charge in [-0.1, -0.05) is 0 Å². The summed E-state index contributed by atoms with van der Waals surface area (Å²) in [5.41, 5.74) is 4.12. The van der Waals surface area contributed by atoms with Crippen LogP contribution in [-0.4, -0.2) is 15.0 Å². The number of hydrogen-bond donors (Lipinski definition) is 0. The van der Waals surface area contributed by atoms with Gasteiger partial charge >= 0.3 is 0 Å². The zero-order chi connectivity index (χ0) is 15.9. The number of pyridine rings is 1. The molecule has 22 heavy (non-hydrogen) atoms. The Bertz CT molecular complexity index is 813. The third kappa shape index (κ3) is 3.02. The van der Waals surface area contributed by atoms with E-state index < -0.39 is 0 Å². The molecule has 3 nitrogen and oxygen atoms in total. The van der Waals surface area contributed by atoms with Gasteiger partial charge in [0.15, 0.2) is 0 Å². The highest BCUT2D eigenvalue weighted by Gasteiger charge is 2.12. The van der Waals surface area contributed by atoms with Crippen molar-refractivity contribution < 1.29 is 4.74 Å². The Morgan fingerprint density at radius 3 is 2.45 bits per heavy atom. The van der Waals surface area contributed by atoms with Gasteiger partial charge in [-0.25, -0.2) is 4.98 Å². The molecule has 0 unspecified atom stereocenters. The highest BCUT2D eigenvalue weighted by Crippen LogP contribution is 2.27. The van der Waals surface area contributed by atoms with E-state index in [1.54, 1.807) is 0 Å². The van der Waals surface area contributed by atoms with Gasteiger partial charge in [0.2, 0.25) is 0 Å². The molecule has 2 heterocycles. The van der Waals surface area contributed by atoms with E-state index in [2.05, 4.69) is 56.6 Å². The molecule has 0 N–H and O–H groups in total. The molecule has 3 aromatic rings. The van der Waals surface area contributed by atoms with Crippen LogP contribution in [0.4, 0.5) is 0 Å². The lowest BCUT2D eigenvalue weighted by Gasteiger charge is -2.21. The van der Waals surface area contributed by atoms with Gasteiger partial charge < -0.3 is 4.74 Å². The first-order chi connectivity index (χ1) is 10.3. The molecule has 1 aromatic carbocycles. The summed E-state index contributed by atoms with van der Waals surface area (Å²) in [6.07, 6.45) is 3.97. The number of halogens is 1. The number of hydrogen-bond acceptors (Lipinski definition) is 2. The van der Waals surface area contributed by atoms with Crippen LogP contribution in [0.15, 0.2) is 47.2 Å². The second kappa shape index (κ2) is 5.43. The first-order valence-electron chi connectivity index (χ1n) is 7.26. The van der Waals surface area contributed by atoms with Gasteiger partial charge in [0.1, 0.15) is 17.0 Å². The molecule has 0 aliphatic carbocycles. The maximum Gasteiger partial charge on any atom is 0.137 e. The standard InChI is InChI=1S/C18H19BrN2O/c1-12-9-17-20-10-16(21(17)11-15(12)19)13-5-7-14(8-6-13)22-18(2,3)4/h5-11H,1-4H3. The second-order valence-electron chi connectivity index (χ2n) is 6.41. The van der Waals surface area contributed by atoms with Gasteiger partial charge in [-0.3, -0.25) is 4.40 Å². The van der Waals surface area contributed by atoms with Crippen LogP contribution in [0.3, 0.4) is 0 Å². The summed E-state index contributed by atoms with van der Waals surface area (Å²) >= 11 is 3.58. The fraction of sp³-hybridized carbons (Fsp3) is 0.278. The third-order valence-electron chi connectivity index (χ3n) is 3.36. The average molecular weight is 359 g/mol. The van der Waals surface area contributed by atoms with Crippen LogP contribution in [0.2, 0.25) is 0 Å². The molecular weight excluding hydrogens is 340 g/mol. The second-order valence-corrected chi connectivity index (χ2v) is 7.27. The third-order valence-corrected chi connectivity index (χ3v) is 4.19. The molecule has 0 atom stereocenters. The average Bonchev–Trinajstić information content (AvgIpc) is 2.81. The number of aromatic nitrogens is 2. The summed E-state index contributed by atoms with van der Waals surface area (Å²) in [4.78, 5) is 4.49. The Morgan fingerprint density at radius 2 is 1.82 bits per heavy atom. The number of nitrogens with zero attached hydrogens (tertiary/aromatic N) is 2. The van der Waals surface area contributed by atoms with Crippen molar-refractivity contribution in [2.45, 2.75) is 33.3 Å². The quantitative estimate of drug-likeness (QED) is 0.625. The molecule has 4 heteroatoms. The minimum atomic E-state index is -0.187. The summed E-state index contributed by atoms with van der Waals surface area (Å²) in [7, 11) is 0. The van der Waals surface area contributed by atoms with Crippen molar-refractivity contribution in [1.29, 1.82) is 0 Å². The summed E-state index contributed by atoms with van der Waals surface area (Å²) in [6.45, 7) is 8.21. The minimum Gasteiger partial charge on any atom is -0.488 e. The maximum atomic E-state index is 5.87. The van der Waals surface area contributed by atoms with Gasteiger partial charge in [0, 0.05) is 16.2 Å². The molecule has 0 radical (unpaired) electrons. The van der Waals surface area contributed by atoms with Crippen molar-refractivity contribution in [3.05, 3.63) is 52.8 Å². The number of fused-ring (bicyclic) bond motifs is 1. The fourth-order valence-corrected chi connectivity index (χ4v) is 2.68. The minimum absolute atomic E-state index is 0.187. The molecule has 114 valence electrons. The lowest BCUT2D eigenvalue weighted by Crippen LogP contribution is -2.22. The van der Waals surface area contributed by atoms with E-state index in [-0.39, 0.29) is 5.60 Å². The molecule has 0 bridgehead atoms. The number of benzene rings is 1. The van der Waals surface area contributed by atoms with E-state index in [4.69, 9.17) is 4.74 Å². The van der Waals surface area contributed by atoms with E-state index in [0.717, 1.165) is 27.1 Å². The predicted octanol–water partition coefficient (Wildman–Crippen LogP) is 5.25. The van der Waals surface area contributed by atoms with Crippen molar-refractivity contribution in [3.63, 3.8) is 0 Å². The number of imidazole rings is 1. The van der Waals surface area contributed by atoms with Crippen LogP contribution < -0.4 is 4.74 Å². The summed E-state index contributed by atoms with van der Waals surface area (Å²) < 4.78 is 9.04. The molecular formula is C18H19BrN2O. The highest BCUT2D eigenvalue weighted by molar-refractivity contribution is 9.10. The molecule has 0 spiro atoms. The predicted molar refractivity (Wildman–Crippen MR) is 93.4 cm³/mol. The SMILES string of the molecule is Cc1cc2ncc(-c3ccc(OC(C)(C)C)cc3)n2cc1Br. The van der Waals surface area contributed by atoms with Crippen molar-refractivity contribution in [3.8, 4) is 17.0 Å². The molecule has 0 saturated carbocycles. The molecule has 0 saturated heterocycles. The normalized spacial score (nSPS) is 11.9. The van der Waals surface area contributed by atoms with Crippen LogP contribution in [0.25, 0.3) is 16.9 Å². The van der Waals surface area contributed by atoms with Crippen molar-refractivity contribution in [1.82, 2.24) is 9.38 Å². The smallest absolute Gasteiger partial charge is 0.137 e. The Morgan fingerprint density at radius 1 is 1.14 bits per heavy atom. The van der Waals surface area contributed by atoms with Crippen LogP contribution in [-0.2, 0) is 0 Å². The Balaban J connectivity index is 1.99. The van der Waals surface area contributed by atoms with Gasteiger partial charge in [-0.2, -0.15) is 0 Å². The zero-order valence-corrected chi connectivity index (χ0v) is 14.8.